The molecule has 0 aliphatic carbocycles. The van der Waals surface area contributed by atoms with E-state index < -0.39 is 0 Å². The first kappa shape index (κ1) is 15.3. The van der Waals surface area contributed by atoms with E-state index in [4.69, 9.17) is 4.74 Å². The van der Waals surface area contributed by atoms with Crippen molar-refractivity contribution in [3.63, 3.8) is 0 Å². The van der Waals surface area contributed by atoms with Crippen LogP contribution in [-0.4, -0.2) is 52.6 Å². The smallest absolute Gasteiger partial charge is 0.266 e. The molecule has 0 N–H and O–H groups in total. The molecule has 0 saturated carbocycles. The topological polar surface area (TPSA) is 42.4 Å². The lowest BCUT2D eigenvalue weighted by Gasteiger charge is -2.30. The molecule has 0 aromatic carbocycles. The highest BCUT2D eigenvalue weighted by molar-refractivity contribution is 7.99. The molecule has 4 nitrogen and oxygen atoms in total. The van der Waals surface area contributed by atoms with Gasteiger partial charge < -0.3 is 9.64 Å². The highest BCUT2D eigenvalue weighted by Crippen LogP contribution is 2.28. The molecular weight excluding hydrogens is 304 g/mol. The fourth-order valence-electron chi connectivity index (χ4n) is 3.03. The quantitative estimate of drug-likeness (QED) is 0.853. The maximum Gasteiger partial charge on any atom is 0.266 e. The predicted molar refractivity (Wildman–Crippen MR) is 87.3 cm³/mol. The molecule has 1 amide bonds. The minimum atomic E-state index is 0.154. The van der Waals surface area contributed by atoms with E-state index in [1.165, 1.54) is 11.3 Å². The largest absolute Gasteiger partial charge is 0.376 e. The number of ether oxygens (including phenoxy) is 1. The van der Waals surface area contributed by atoms with Gasteiger partial charge in [-0.2, -0.15) is 11.8 Å². The van der Waals surface area contributed by atoms with Gasteiger partial charge in [-0.3, -0.25) is 4.79 Å². The zero-order valence-corrected chi connectivity index (χ0v) is 14.3. The second-order valence-electron chi connectivity index (χ2n) is 5.76. The molecule has 2 aliphatic heterocycles. The first-order valence-electron chi connectivity index (χ1n) is 7.59. The average molecular weight is 326 g/mol. The third-order valence-corrected chi connectivity index (χ3v) is 6.34. The summed E-state index contributed by atoms with van der Waals surface area (Å²) in [7, 11) is 0. The number of hydrogen-bond donors (Lipinski definition) is 0. The van der Waals surface area contributed by atoms with Gasteiger partial charge in [-0.1, -0.05) is 0 Å². The van der Waals surface area contributed by atoms with Gasteiger partial charge in [-0.25, -0.2) is 4.98 Å². The van der Waals surface area contributed by atoms with E-state index in [1.54, 1.807) is 0 Å². The number of hydrogen-bond acceptors (Lipinski definition) is 5. The van der Waals surface area contributed by atoms with Crippen molar-refractivity contribution in [1.82, 2.24) is 9.88 Å². The van der Waals surface area contributed by atoms with Crippen molar-refractivity contribution < 1.29 is 9.53 Å². The lowest BCUT2D eigenvalue weighted by atomic mass is 10.1. The van der Waals surface area contributed by atoms with Gasteiger partial charge in [0.1, 0.15) is 4.88 Å². The highest BCUT2D eigenvalue weighted by Gasteiger charge is 2.32. The van der Waals surface area contributed by atoms with Gasteiger partial charge in [0, 0.05) is 24.9 Å². The molecule has 0 spiro atoms. The van der Waals surface area contributed by atoms with Gasteiger partial charge in [0.05, 0.1) is 16.8 Å². The van der Waals surface area contributed by atoms with E-state index in [-0.39, 0.29) is 12.0 Å². The van der Waals surface area contributed by atoms with E-state index in [1.807, 2.05) is 25.6 Å². The summed E-state index contributed by atoms with van der Waals surface area (Å²) in [6, 6.07) is 0.355. The SMILES string of the molecule is Cc1nc(C)c(C(=O)N(C[C@@H]2CCCO2)[C@H]2CCSC2)s1. The van der Waals surface area contributed by atoms with Crippen LogP contribution in [0.1, 0.15) is 39.6 Å². The summed E-state index contributed by atoms with van der Waals surface area (Å²) in [5.41, 5.74) is 0.866. The highest BCUT2D eigenvalue weighted by atomic mass is 32.2. The number of nitrogens with zero attached hydrogens (tertiary/aromatic N) is 2. The molecule has 0 bridgehead atoms. The van der Waals surface area contributed by atoms with Gasteiger partial charge in [-0.15, -0.1) is 11.3 Å². The average Bonchev–Trinajstić information content (AvgIpc) is 3.16. The molecule has 1 aromatic rings. The van der Waals surface area contributed by atoms with Gasteiger partial charge in [0.15, 0.2) is 0 Å². The summed E-state index contributed by atoms with van der Waals surface area (Å²) in [4.78, 5) is 20.3. The standard InChI is InChI=1S/C15H22N2O2S2/c1-10-14(21-11(2)16-10)15(18)17(12-5-7-20-9-12)8-13-4-3-6-19-13/h12-13H,3-9H2,1-2H3/t12-,13-/m0/s1. The van der Waals surface area contributed by atoms with Crippen molar-refractivity contribution in [2.24, 2.45) is 0 Å². The molecule has 2 atom stereocenters. The molecule has 2 aliphatic rings. The summed E-state index contributed by atoms with van der Waals surface area (Å²) < 4.78 is 5.75. The van der Waals surface area contributed by atoms with Crippen LogP contribution in [0.25, 0.3) is 0 Å². The number of rotatable bonds is 4. The minimum Gasteiger partial charge on any atom is -0.376 e. The third kappa shape index (κ3) is 3.43. The zero-order chi connectivity index (χ0) is 14.8. The molecule has 3 heterocycles. The Labute approximate surface area is 134 Å². The maximum absolute atomic E-state index is 13.0. The van der Waals surface area contributed by atoms with Crippen LogP contribution in [-0.2, 0) is 4.74 Å². The summed E-state index contributed by atoms with van der Waals surface area (Å²) >= 11 is 3.46. The van der Waals surface area contributed by atoms with Crippen molar-refractivity contribution in [2.45, 2.75) is 45.3 Å². The van der Waals surface area contributed by atoms with E-state index in [2.05, 4.69) is 9.88 Å². The second kappa shape index (κ2) is 6.67. The van der Waals surface area contributed by atoms with Gasteiger partial charge in [0.25, 0.3) is 5.91 Å². The fraction of sp³-hybridized carbons (Fsp3) is 0.733. The number of carbonyl (C=O) groups is 1. The van der Waals surface area contributed by atoms with Gasteiger partial charge in [0.2, 0.25) is 0 Å². The second-order valence-corrected chi connectivity index (χ2v) is 8.11. The maximum atomic E-state index is 13.0. The summed E-state index contributed by atoms with van der Waals surface area (Å²) in [5.74, 6) is 2.36. The summed E-state index contributed by atoms with van der Waals surface area (Å²) in [5, 5.41) is 0.966. The molecule has 116 valence electrons. The molecule has 0 radical (unpaired) electrons. The van der Waals surface area contributed by atoms with Crippen molar-refractivity contribution in [1.29, 1.82) is 0 Å². The first-order valence-corrected chi connectivity index (χ1v) is 9.56. The Bertz CT molecular complexity index is 506. The van der Waals surface area contributed by atoms with Crippen LogP contribution < -0.4 is 0 Å². The third-order valence-electron chi connectivity index (χ3n) is 4.13. The van der Waals surface area contributed by atoms with Gasteiger partial charge in [-0.05, 0) is 38.9 Å². The Morgan fingerprint density at radius 1 is 1.43 bits per heavy atom. The Morgan fingerprint density at radius 3 is 2.86 bits per heavy atom. The summed E-state index contributed by atoms with van der Waals surface area (Å²) in [6.45, 7) is 5.47. The number of amides is 1. The molecule has 6 heteroatoms. The molecule has 0 unspecified atom stereocenters. The van der Waals surface area contributed by atoms with E-state index in [0.29, 0.717) is 6.04 Å². The van der Waals surface area contributed by atoms with Crippen LogP contribution >= 0.6 is 23.1 Å². The lowest BCUT2D eigenvalue weighted by Crippen LogP contribution is -2.44. The van der Waals surface area contributed by atoms with Crippen molar-refractivity contribution >= 4 is 29.0 Å². The molecule has 1 aromatic heterocycles. The van der Waals surface area contributed by atoms with Gasteiger partial charge >= 0.3 is 0 Å². The molecule has 21 heavy (non-hydrogen) atoms. The Hall–Kier alpha value is -0.590. The van der Waals surface area contributed by atoms with Crippen LogP contribution in [0.5, 0.6) is 0 Å². The Kier molecular flexibility index (Phi) is 4.86. The van der Waals surface area contributed by atoms with E-state index in [9.17, 15) is 4.79 Å². The lowest BCUT2D eigenvalue weighted by molar-refractivity contribution is 0.0444. The van der Waals surface area contributed by atoms with Crippen LogP contribution in [0.3, 0.4) is 0 Å². The monoisotopic (exact) mass is 326 g/mol. The molecular formula is C15H22N2O2S2. The number of aryl methyl sites for hydroxylation is 2. The van der Waals surface area contributed by atoms with Crippen LogP contribution in [0.15, 0.2) is 0 Å². The number of aromatic nitrogens is 1. The predicted octanol–water partition coefficient (Wildman–Crippen LogP) is 2.89. The Morgan fingerprint density at radius 2 is 2.29 bits per heavy atom. The Balaban J connectivity index is 1.79. The normalized spacial score (nSPS) is 25.4. The van der Waals surface area contributed by atoms with Crippen LogP contribution in [0, 0.1) is 13.8 Å². The number of carbonyl (C=O) groups excluding carboxylic acids is 1. The minimum absolute atomic E-state index is 0.154. The van der Waals surface area contributed by atoms with Crippen molar-refractivity contribution in [3.05, 3.63) is 15.6 Å². The van der Waals surface area contributed by atoms with Crippen molar-refractivity contribution in [2.75, 3.05) is 24.7 Å². The fourth-order valence-corrected chi connectivity index (χ4v) is 5.13. The van der Waals surface area contributed by atoms with Crippen LogP contribution in [0.4, 0.5) is 0 Å². The number of thioether (sulfide) groups is 1. The van der Waals surface area contributed by atoms with Crippen LogP contribution in [0.2, 0.25) is 0 Å². The molecule has 2 fully saturated rings. The number of thiazole rings is 1. The zero-order valence-electron chi connectivity index (χ0n) is 12.6. The van der Waals surface area contributed by atoms with E-state index >= 15 is 0 Å². The summed E-state index contributed by atoms with van der Waals surface area (Å²) in [6.07, 6.45) is 3.50. The molecule has 3 rings (SSSR count). The molecule has 2 saturated heterocycles. The van der Waals surface area contributed by atoms with Crippen molar-refractivity contribution in [3.8, 4) is 0 Å². The first-order chi connectivity index (χ1) is 10.1. The van der Waals surface area contributed by atoms with E-state index in [0.717, 1.165) is 59.5 Å².